The molecule has 1 fully saturated rings. The number of nitrogens with one attached hydrogen (secondary N) is 1. The number of nitrogens with zero attached hydrogens (tertiary/aromatic N) is 1. The molecule has 0 spiro atoms. The van der Waals surface area contributed by atoms with Crippen molar-refractivity contribution in [2.45, 2.75) is 0 Å². The Morgan fingerprint density at radius 2 is 1.92 bits per heavy atom. The second kappa shape index (κ2) is 7.30. The summed E-state index contributed by atoms with van der Waals surface area (Å²) in [6.45, 7) is 0. The number of aliphatic imine (C=N–C) groups is 1. The van der Waals surface area contributed by atoms with E-state index in [0.29, 0.717) is 25.9 Å². The minimum Gasteiger partial charge on any atom is -0.495 e. The molecule has 0 unspecified atom stereocenters. The molecule has 1 saturated heterocycles. The Kier molecular flexibility index (Phi) is 5.14. The molecule has 2 aromatic rings. The molecule has 3 rings (SSSR count). The molecule has 0 aromatic heterocycles. The molecule has 24 heavy (non-hydrogen) atoms. The number of amides is 1. The summed E-state index contributed by atoms with van der Waals surface area (Å²) in [7, 11) is 1.55. The Morgan fingerprint density at radius 1 is 1.17 bits per heavy atom. The van der Waals surface area contributed by atoms with Crippen molar-refractivity contribution in [3.05, 3.63) is 63.0 Å². The van der Waals surface area contributed by atoms with Gasteiger partial charge in [-0.25, -0.2) is 4.99 Å². The fraction of sp³-hybridized carbons (Fsp3) is 0.0588. The number of hydrogen-bond acceptors (Lipinski definition) is 4. The number of carbonyl (C=O) groups excluding carboxylic acids is 1. The maximum absolute atomic E-state index is 12.1. The Balaban J connectivity index is 1.81. The highest BCUT2D eigenvalue weighted by atomic mass is 35.5. The van der Waals surface area contributed by atoms with Gasteiger partial charge in [-0.2, -0.15) is 0 Å². The van der Waals surface area contributed by atoms with Crippen LogP contribution in [0.15, 0.2) is 52.4 Å². The first-order valence-corrected chi connectivity index (χ1v) is 8.51. The molecular formula is C17H12Cl2N2O2S. The van der Waals surface area contributed by atoms with Crippen molar-refractivity contribution < 1.29 is 9.53 Å². The van der Waals surface area contributed by atoms with Crippen molar-refractivity contribution >= 4 is 57.8 Å². The minimum absolute atomic E-state index is 0.195. The number of carbonyl (C=O) groups is 1. The lowest BCUT2D eigenvalue weighted by molar-refractivity contribution is -0.115. The van der Waals surface area contributed by atoms with E-state index in [1.807, 2.05) is 6.07 Å². The molecule has 0 radical (unpaired) electrons. The van der Waals surface area contributed by atoms with Gasteiger partial charge in [0.15, 0.2) is 5.17 Å². The van der Waals surface area contributed by atoms with Crippen LogP contribution in [0, 0.1) is 0 Å². The van der Waals surface area contributed by atoms with Crippen LogP contribution in [0.25, 0.3) is 6.08 Å². The Hall–Kier alpha value is -1.95. The second-order valence-corrected chi connectivity index (χ2v) is 6.73. The monoisotopic (exact) mass is 378 g/mol. The van der Waals surface area contributed by atoms with E-state index in [1.54, 1.807) is 49.6 Å². The van der Waals surface area contributed by atoms with Crippen LogP contribution in [-0.4, -0.2) is 18.2 Å². The maximum Gasteiger partial charge on any atom is 0.264 e. The molecule has 1 heterocycles. The number of ether oxygens (including phenoxy) is 1. The molecule has 0 bridgehead atoms. The zero-order valence-corrected chi connectivity index (χ0v) is 14.9. The van der Waals surface area contributed by atoms with Gasteiger partial charge in [-0.3, -0.25) is 4.79 Å². The van der Waals surface area contributed by atoms with Gasteiger partial charge in [-0.15, -0.1) is 0 Å². The first-order chi connectivity index (χ1) is 11.5. The predicted molar refractivity (Wildman–Crippen MR) is 100 cm³/mol. The van der Waals surface area contributed by atoms with Gasteiger partial charge in [0.1, 0.15) is 5.75 Å². The second-order valence-electron chi connectivity index (χ2n) is 4.85. The van der Waals surface area contributed by atoms with Crippen LogP contribution in [0.4, 0.5) is 5.69 Å². The summed E-state index contributed by atoms with van der Waals surface area (Å²) in [6.07, 6.45) is 1.76. The van der Waals surface area contributed by atoms with Crippen LogP contribution in [0.3, 0.4) is 0 Å². The summed E-state index contributed by atoms with van der Waals surface area (Å²) in [5.41, 5.74) is 1.53. The largest absolute Gasteiger partial charge is 0.495 e. The molecule has 0 atom stereocenters. The molecule has 4 nitrogen and oxygen atoms in total. The fourth-order valence-electron chi connectivity index (χ4n) is 2.04. The van der Waals surface area contributed by atoms with E-state index >= 15 is 0 Å². The third-order valence-corrected chi connectivity index (χ3v) is 4.64. The van der Waals surface area contributed by atoms with Gasteiger partial charge in [0, 0.05) is 5.02 Å². The van der Waals surface area contributed by atoms with Crippen molar-refractivity contribution in [1.29, 1.82) is 0 Å². The standard InChI is InChI=1S/C17H12Cl2N2O2S/c1-23-14-7-2-10(8-13(14)19)9-15-16(22)21-17(24-15)20-12-5-3-11(18)4-6-12/h2-9H,1H3,(H,20,21,22)/b15-9-. The Morgan fingerprint density at radius 3 is 2.58 bits per heavy atom. The average Bonchev–Trinajstić information content (AvgIpc) is 2.89. The van der Waals surface area contributed by atoms with E-state index in [9.17, 15) is 4.79 Å². The van der Waals surface area contributed by atoms with Crippen LogP contribution in [0.1, 0.15) is 5.56 Å². The van der Waals surface area contributed by atoms with Gasteiger partial charge in [-0.05, 0) is 59.8 Å². The highest BCUT2D eigenvalue weighted by Gasteiger charge is 2.23. The zero-order chi connectivity index (χ0) is 17.1. The lowest BCUT2D eigenvalue weighted by Crippen LogP contribution is -2.19. The topological polar surface area (TPSA) is 50.7 Å². The molecule has 122 valence electrons. The van der Waals surface area contributed by atoms with Gasteiger partial charge < -0.3 is 10.1 Å². The number of hydrogen-bond donors (Lipinski definition) is 1. The van der Waals surface area contributed by atoms with Gasteiger partial charge in [0.2, 0.25) is 0 Å². The van der Waals surface area contributed by atoms with Crippen molar-refractivity contribution in [1.82, 2.24) is 5.32 Å². The highest BCUT2D eigenvalue weighted by Crippen LogP contribution is 2.31. The number of amidine groups is 1. The molecule has 1 N–H and O–H groups in total. The summed E-state index contributed by atoms with van der Waals surface area (Å²) in [5.74, 6) is 0.395. The quantitative estimate of drug-likeness (QED) is 0.773. The number of rotatable bonds is 3. The van der Waals surface area contributed by atoms with Crippen LogP contribution < -0.4 is 10.1 Å². The molecule has 1 amide bonds. The van der Waals surface area contributed by atoms with Crippen molar-refractivity contribution in [3.8, 4) is 5.75 Å². The fourth-order valence-corrected chi connectivity index (χ4v) is 3.27. The first kappa shape index (κ1) is 16.9. The summed E-state index contributed by atoms with van der Waals surface area (Å²) in [5, 5.41) is 4.39. The van der Waals surface area contributed by atoms with Crippen LogP contribution in [0.5, 0.6) is 5.75 Å². The van der Waals surface area contributed by atoms with E-state index in [2.05, 4.69) is 10.3 Å². The number of benzene rings is 2. The van der Waals surface area contributed by atoms with E-state index in [0.717, 1.165) is 11.3 Å². The van der Waals surface area contributed by atoms with E-state index in [4.69, 9.17) is 27.9 Å². The molecule has 2 aromatic carbocycles. The first-order valence-electron chi connectivity index (χ1n) is 6.94. The number of halogens is 2. The van der Waals surface area contributed by atoms with Gasteiger partial charge in [0.25, 0.3) is 5.91 Å². The maximum atomic E-state index is 12.1. The van der Waals surface area contributed by atoms with E-state index < -0.39 is 0 Å². The number of thioether (sulfide) groups is 1. The summed E-state index contributed by atoms with van der Waals surface area (Å²) >= 11 is 13.2. The van der Waals surface area contributed by atoms with Crippen molar-refractivity contribution in [2.75, 3.05) is 7.11 Å². The third-order valence-electron chi connectivity index (χ3n) is 3.18. The molecule has 1 aliphatic rings. The SMILES string of the molecule is COc1ccc(/C=C2\SC(=Nc3ccc(Cl)cc3)NC2=O)cc1Cl. The van der Waals surface area contributed by atoms with Crippen LogP contribution in [-0.2, 0) is 4.79 Å². The van der Waals surface area contributed by atoms with Crippen molar-refractivity contribution in [2.24, 2.45) is 4.99 Å². The van der Waals surface area contributed by atoms with Crippen LogP contribution >= 0.6 is 35.0 Å². The van der Waals surface area contributed by atoms with Gasteiger partial charge in [0.05, 0.1) is 22.7 Å². The summed E-state index contributed by atoms with van der Waals surface area (Å²) < 4.78 is 5.12. The number of methoxy groups -OCH3 is 1. The van der Waals surface area contributed by atoms with Gasteiger partial charge in [-0.1, -0.05) is 29.3 Å². The highest BCUT2D eigenvalue weighted by molar-refractivity contribution is 8.18. The predicted octanol–water partition coefficient (Wildman–Crippen LogP) is 4.89. The molecule has 1 aliphatic heterocycles. The van der Waals surface area contributed by atoms with Crippen LogP contribution in [0.2, 0.25) is 10.0 Å². The van der Waals surface area contributed by atoms with Crippen molar-refractivity contribution in [3.63, 3.8) is 0 Å². The summed E-state index contributed by atoms with van der Waals surface area (Å²) in [4.78, 5) is 17.0. The van der Waals surface area contributed by atoms with E-state index in [-0.39, 0.29) is 5.91 Å². The molecule has 0 saturated carbocycles. The minimum atomic E-state index is -0.195. The molecule has 7 heteroatoms. The summed E-state index contributed by atoms with van der Waals surface area (Å²) in [6, 6.07) is 12.4. The lowest BCUT2D eigenvalue weighted by Gasteiger charge is -2.03. The van der Waals surface area contributed by atoms with E-state index in [1.165, 1.54) is 11.8 Å². The lowest BCUT2D eigenvalue weighted by atomic mass is 10.2. The average molecular weight is 379 g/mol. The third kappa shape index (κ3) is 3.93. The molecule has 0 aliphatic carbocycles. The normalized spacial score (nSPS) is 17.4. The Bertz CT molecular complexity index is 848. The van der Waals surface area contributed by atoms with Gasteiger partial charge >= 0.3 is 0 Å². The Labute approximate surface area is 153 Å². The molecular weight excluding hydrogens is 367 g/mol. The smallest absolute Gasteiger partial charge is 0.264 e. The zero-order valence-electron chi connectivity index (χ0n) is 12.5.